The van der Waals surface area contributed by atoms with E-state index in [4.69, 9.17) is 10.5 Å². The van der Waals surface area contributed by atoms with Gasteiger partial charge in [0.05, 0.1) is 33.3 Å². The van der Waals surface area contributed by atoms with Crippen molar-refractivity contribution < 1.29 is 14.4 Å². The van der Waals surface area contributed by atoms with E-state index in [1.807, 2.05) is 18.2 Å². The SMILES string of the molecule is COc1cccc(N2CC[NH+](CC(N)=O)CC2)c1. The Labute approximate surface area is 107 Å². The molecule has 1 aromatic carbocycles. The number of nitrogens with two attached hydrogens (primary N) is 1. The van der Waals surface area contributed by atoms with Crippen LogP contribution in [0.1, 0.15) is 0 Å². The minimum Gasteiger partial charge on any atom is -0.497 e. The standard InChI is InChI=1S/C13H19N3O2/c1-18-12-4-2-3-11(9-12)16-7-5-15(6-8-16)10-13(14)17/h2-4,9H,5-8,10H2,1H3,(H2,14,17)/p+1. The smallest absolute Gasteiger partial charge is 0.272 e. The number of piperazine rings is 1. The van der Waals surface area contributed by atoms with E-state index in [9.17, 15) is 4.79 Å². The monoisotopic (exact) mass is 250 g/mol. The summed E-state index contributed by atoms with van der Waals surface area (Å²) in [6.07, 6.45) is 0. The summed E-state index contributed by atoms with van der Waals surface area (Å²) >= 11 is 0. The van der Waals surface area contributed by atoms with Crippen molar-refractivity contribution in [3.8, 4) is 5.75 Å². The molecular weight excluding hydrogens is 230 g/mol. The summed E-state index contributed by atoms with van der Waals surface area (Å²) in [5.74, 6) is 0.652. The van der Waals surface area contributed by atoms with E-state index >= 15 is 0 Å². The highest BCUT2D eigenvalue weighted by Crippen LogP contribution is 2.20. The normalized spacial score (nSPS) is 16.6. The third-order valence-electron chi connectivity index (χ3n) is 3.31. The molecule has 1 amide bonds. The predicted molar refractivity (Wildman–Crippen MR) is 70.0 cm³/mol. The quantitative estimate of drug-likeness (QED) is 0.712. The van der Waals surface area contributed by atoms with Gasteiger partial charge in [0.15, 0.2) is 6.54 Å². The van der Waals surface area contributed by atoms with Gasteiger partial charge in [-0.1, -0.05) is 6.07 Å². The molecule has 5 nitrogen and oxygen atoms in total. The van der Waals surface area contributed by atoms with Crippen LogP contribution in [0.5, 0.6) is 5.75 Å². The van der Waals surface area contributed by atoms with Crippen LogP contribution in [0, 0.1) is 0 Å². The number of ether oxygens (including phenoxy) is 1. The molecule has 0 aromatic heterocycles. The summed E-state index contributed by atoms with van der Waals surface area (Å²) < 4.78 is 5.23. The number of carbonyl (C=O) groups excluding carboxylic acids is 1. The average molecular weight is 250 g/mol. The third-order valence-corrected chi connectivity index (χ3v) is 3.31. The van der Waals surface area contributed by atoms with Crippen molar-refractivity contribution in [2.24, 2.45) is 5.73 Å². The minimum absolute atomic E-state index is 0.222. The molecule has 1 aliphatic rings. The highest BCUT2D eigenvalue weighted by atomic mass is 16.5. The zero-order chi connectivity index (χ0) is 13.0. The second-order valence-corrected chi connectivity index (χ2v) is 4.58. The van der Waals surface area contributed by atoms with Gasteiger partial charge in [0.2, 0.25) is 0 Å². The number of anilines is 1. The Morgan fingerprint density at radius 2 is 2.17 bits per heavy atom. The Bertz CT molecular complexity index is 414. The summed E-state index contributed by atoms with van der Waals surface area (Å²) in [5.41, 5.74) is 6.39. The molecular formula is C13H20N3O2+. The number of hydrogen-bond donors (Lipinski definition) is 2. The van der Waals surface area contributed by atoms with Gasteiger partial charge in [-0.15, -0.1) is 0 Å². The van der Waals surface area contributed by atoms with Gasteiger partial charge in [0.1, 0.15) is 5.75 Å². The van der Waals surface area contributed by atoms with Crippen LogP contribution in [0.4, 0.5) is 5.69 Å². The van der Waals surface area contributed by atoms with Gasteiger partial charge < -0.3 is 20.3 Å². The van der Waals surface area contributed by atoms with E-state index in [1.54, 1.807) is 7.11 Å². The van der Waals surface area contributed by atoms with Crippen LogP contribution in [0.2, 0.25) is 0 Å². The predicted octanol–water partition coefficient (Wildman–Crippen LogP) is -1.11. The van der Waals surface area contributed by atoms with Gasteiger partial charge in [-0.2, -0.15) is 0 Å². The molecule has 1 aromatic rings. The van der Waals surface area contributed by atoms with E-state index in [0.29, 0.717) is 6.54 Å². The molecule has 0 atom stereocenters. The second-order valence-electron chi connectivity index (χ2n) is 4.58. The number of amides is 1. The van der Waals surface area contributed by atoms with Crippen molar-refractivity contribution in [3.05, 3.63) is 24.3 Å². The van der Waals surface area contributed by atoms with Crippen molar-refractivity contribution in [2.75, 3.05) is 44.7 Å². The molecule has 1 aliphatic heterocycles. The van der Waals surface area contributed by atoms with Crippen LogP contribution in [0.25, 0.3) is 0 Å². The summed E-state index contributed by atoms with van der Waals surface area (Å²) in [5, 5.41) is 0. The number of quaternary nitrogens is 1. The molecule has 5 heteroatoms. The van der Waals surface area contributed by atoms with Crippen molar-refractivity contribution in [2.45, 2.75) is 0 Å². The van der Waals surface area contributed by atoms with Crippen LogP contribution in [-0.4, -0.2) is 45.7 Å². The lowest BCUT2D eigenvalue weighted by atomic mass is 10.2. The first-order valence-electron chi connectivity index (χ1n) is 6.20. The summed E-state index contributed by atoms with van der Waals surface area (Å²) in [7, 11) is 1.67. The number of methoxy groups -OCH3 is 1. The van der Waals surface area contributed by atoms with E-state index in [-0.39, 0.29) is 5.91 Å². The van der Waals surface area contributed by atoms with Gasteiger partial charge in [-0.25, -0.2) is 0 Å². The maximum Gasteiger partial charge on any atom is 0.272 e. The molecule has 0 bridgehead atoms. The zero-order valence-electron chi connectivity index (χ0n) is 10.7. The fourth-order valence-electron chi connectivity index (χ4n) is 2.31. The van der Waals surface area contributed by atoms with Gasteiger partial charge in [-0.3, -0.25) is 4.79 Å². The van der Waals surface area contributed by atoms with Crippen molar-refractivity contribution in [1.82, 2.24) is 0 Å². The Kier molecular flexibility index (Phi) is 4.04. The van der Waals surface area contributed by atoms with Gasteiger partial charge >= 0.3 is 0 Å². The van der Waals surface area contributed by atoms with E-state index in [0.717, 1.165) is 31.9 Å². The Hall–Kier alpha value is -1.75. The number of nitrogens with zero attached hydrogens (tertiary/aromatic N) is 1. The molecule has 1 saturated heterocycles. The molecule has 2 rings (SSSR count). The number of carbonyl (C=O) groups is 1. The first-order chi connectivity index (χ1) is 8.69. The van der Waals surface area contributed by atoms with Gasteiger partial charge in [-0.05, 0) is 12.1 Å². The van der Waals surface area contributed by atoms with Crippen LogP contribution >= 0.6 is 0 Å². The molecule has 0 spiro atoms. The first-order valence-corrected chi connectivity index (χ1v) is 6.20. The zero-order valence-corrected chi connectivity index (χ0v) is 10.7. The Morgan fingerprint density at radius 3 is 2.78 bits per heavy atom. The molecule has 1 fully saturated rings. The highest BCUT2D eigenvalue weighted by Gasteiger charge is 2.21. The number of nitrogens with one attached hydrogen (secondary N) is 1. The van der Waals surface area contributed by atoms with Crippen molar-refractivity contribution >= 4 is 11.6 Å². The lowest BCUT2D eigenvalue weighted by Crippen LogP contribution is -3.15. The summed E-state index contributed by atoms with van der Waals surface area (Å²) in [4.78, 5) is 14.5. The number of hydrogen-bond acceptors (Lipinski definition) is 3. The fraction of sp³-hybridized carbons (Fsp3) is 0.462. The van der Waals surface area contributed by atoms with Crippen LogP contribution in [0.3, 0.4) is 0 Å². The molecule has 3 N–H and O–H groups in total. The minimum atomic E-state index is -0.222. The van der Waals surface area contributed by atoms with E-state index in [2.05, 4.69) is 11.0 Å². The molecule has 0 unspecified atom stereocenters. The van der Waals surface area contributed by atoms with E-state index in [1.165, 1.54) is 10.6 Å². The van der Waals surface area contributed by atoms with Crippen LogP contribution < -0.4 is 20.3 Å². The maximum absolute atomic E-state index is 10.9. The maximum atomic E-state index is 10.9. The van der Waals surface area contributed by atoms with Crippen LogP contribution in [0.15, 0.2) is 24.3 Å². The number of primary amides is 1. The van der Waals surface area contributed by atoms with Gasteiger partial charge in [0, 0.05) is 11.8 Å². The second kappa shape index (κ2) is 5.73. The topological polar surface area (TPSA) is 60.0 Å². The Balaban J connectivity index is 1.94. The number of benzene rings is 1. The molecule has 0 aliphatic carbocycles. The van der Waals surface area contributed by atoms with Crippen LogP contribution in [-0.2, 0) is 4.79 Å². The lowest BCUT2D eigenvalue weighted by molar-refractivity contribution is -0.892. The Morgan fingerprint density at radius 1 is 1.44 bits per heavy atom. The van der Waals surface area contributed by atoms with E-state index < -0.39 is 0 Å². The molecule has 1 heterocycles. The van der Waals surface area contributed by atoms with Gasteiger partial charge in [0.25, 0.3) is 5.91 Å². The molecule has 0 saturated carbocycles. The fourth-order valence-corrected chi connectivity index (χ4v) is 2.31. The third kappa shape index (κ3) is 3.13. The summed E-state index contributed by atoms with van der Waals surface area (Å²) in [6, 6.07) is 8.07. The largest absolute Gasteiger partial charge is 0.497 e. The number of rotatable bonds is 4. The highest BCUT2D eigenvalue weighted by molar-refractivity contribution is 5.74. The molecule has 98 valence electrons. The molecule has 18 heavy (non-hydrogen) atoms. The summed E-state index contributed by atoms with van der Waals surface area (Å²) in [6.45, 7) is 4.21. The lowest BCUT2D eigenvalue weighted by Gasteiger charge is -2.33. The van der Waals surface area contributed by atoms with Crippen molar-refractivity contribution in [1.29, 1.82) is 0 Å². The van der Waals surface area contributed by atoms with Crippen molar-refractivity contribution in [3.63, 3.8) is 0 Å². The average Bonchev–Trinajstić information content (AvgIpc) is 2.39. The first kappa shape index (κ1) is 12.7. The molecule has 0 radical (unpaired) electrons.